The van der Waals surface area contributed by atoms with Crippen LogP contribution in [0.2, 0.25) is 0 Å². The average Bonchev–Trinajstić information content (AvgIpc) is 3.56. The number of hydrogen-bond donors (Lipinski definition) is 2. The van der Waals surface area contributed by atoms with Gasteiger partial charge in [0.1, 0.15) is 35.0 Å². The lowest BCUT2D eigenvalue weighted by Gasteiger charge is -2.20. The summed E-state index contributed by atoms with van der Waals surface area (Å²) in [6.07, 6.45) is -0.0326. The van der Waals surface area contributed by atoms with Crippen molar-refractivity contribution in [2.45, 2.75) is 86.5 Å². The second kappa shape index (κ2) is 18.0. The van der Waals surface area contributed by atoms with Gasteiger partial charge in [0.2, 0.25) is 0 Å². The fourth-order valence-corrected chi connectivity index (χ4v) is 4.43. The summed E-state index contributed by atoms with van der Waals surface area (Å²) in [4.78, 5) is 50.7. The number of hydrogen-bond acceptors (Lipinski definition) is 12. The Hall–Kier alpha value is -5.75. The second-order valence-electron chi connectivity index (χ2n) is 12.3. The van der Waals surface area contributed by atoms with Crippen LogP contribution in [0.5, 0.6) is 0 Å². The van der Waals surface area contributed by atoms with Crippen LogP contribution in [0.1, 0.15) is 71.4 Å². The van der Waals surface area contributed by atoms with Gasteiger partial charge >= 0.3 is 18.3 Å². The first-order valence-corrected chi connectivity index (χ1v) is 15.2. The summed E-state index contributed by atoms with van der Waals surface area (Å²) in [6.45, 7) is 16.8. The van der Waals surface area contributed by atoms with Gasteiger partial charge in [-0.3, -0.25) is 15.4 Å². The molecule has 2 aromatic heterocycles. The number of rotatable bonds is 8. The van der Waals surface area contributed by atoms with E-state index in [-0.39, 0.29) is 12.8 Å². The van der Waals surface area contributed by atoms with Crippen molar-refractivity contribution in [2.75, 3.05) is 10.6 Å². The first-order valence-electron chi connectivity index (χ1n) is 15.2. The number of benzene rings is 2. The minimum absolute atomic E-state index is 0.0169. The highest BCUT2D eigenvalue weighted by Crippen LogP contribution is 2.35. The Morgan fingerprint density at radius 1 is 0.755 bits per heavy atom. The number of carbonyl (C=O) groups excluding carboxylic acids is 5. The van der Waals surface area contributed by atoms with Crippen LogP contribution in [0.3, 0.4) is 0 Å². The summed E-state index contributed by atoms with van der Waals surface area (Å²) >= 11 is 0. The molecule has 4 rings (SSSR count). The maximum absolute atomic E-state index is 12.0. The molecule has 14 nitrogen and oxygen atoms in total. The van der Waals surface area contributed by atoms with Gasteiger partial charge in [0, 0.05) is 16.7 Å². The highest BCUT2D eigenvalue weighted by atomic mass is 16.6. The van der Waals surface area contributed by atoms with Crippen molar-refractivity contribution in [3.63, 3.8) is 0 Å². The van der Waals surface area contributed by atoms with Crippen molar-refractivity contribution in [1.82, 2.24) is 10.3 Å². The topological polar surface area (TPSA) is 189 Å². The molecule has 0 aliphatic rings. The summed E-state index contributed by atoms with van der Waals surface area (Å²) in [5.74, 6) is 1.29. The Balaban J connectivity index is 0.000000316. The number of ether oxygens (including phenoxy) is 3. The van der Waals surface area contributed by atoms with Crippen LogP contribution in [-0.4, -0.2) is 46.3 Å². The monoisotopic (exact) mass is 678 g/mol. The number of amides is 2. The van der Waals surface area contributed by atoms with Gasteiger partial charge in [0.05, 0.1) is 22.6 Å². The summed E-state index contributed by atoms with van der Waals surface area (Å²) in [7, 11) is 0. The number of carbonyl (C=O) groups is 3. The highest BCUT2D eigenvalue weighted by molar-refractivity contribution is 5.93. The van der Waals surface area contributed by atoms with Crippen molar-refractivity contribution in [1.29, 1.82) is 0 Å². The zero-order valence-electron chi connectivity index (χ0n) is 29.1. The quantitative estimate of drug-likeness (QED) is 0.137. The predicted octanol–water partition coefficient (Wildman–Crippen LogP) is 7.65. The van der Waals surface area contributed by atoms with E-state index in [1.54, 1.807) is 39.8 Å². The molecule has 0 saturated carbocycles. The van der Waals surface area contributed by atoms with Crippen LogP contribution in [0.25, 0.3) is 22.3 Å². The van der Waals surface area contributed by atoms with Crippen molar-refractivity contribution in [2.24, 2.45) is 0 Å². The first-order chi connectivity index (χ1) is 23.0. The average molecular weight is 679 g/mol. The van der Waals surface area contributed by atoms with Gasteiger partial charge in [-0.2, -0.15) is 9.59 Å². The zero-order chi connectivity index (χ0) is 36.8. The van der Waals surface area contributed by atoms with Crippen molar-refractivity contribution >= 4 is 36.2 Å². The van der Waals surface area contributed by atoms with Crippen molar-refractivity contribution in [3.05, 3.63) is 71.4 Å². The van der Waals surface area contributed by atoms with E-state index in [1.807, 2.05) is 71.0 Å². The molecule has 2 aromatic carbocycles. The van der Waals surface area contributed by atoms with Gasteiger partial charge in [0.15, 0.2) is 0 Å². The molecule has 49 heavy (non-hydrogen) atoms. The van der Waals surface area contributed by atoms with E-state index >= 15 is 0 Å². The van der Waals surface area contributed by atoms with E-state index < -0.39 is 23.4 Å². The summed E-state index contributed by atoms with van der Waals surface area (Å²) in [6, 6.07) is 14.7. The highest BCUT2D eigenvalue weighted by Gasteiger charge is 2.22. The Bertz CT molecular complexity index is 1740. The molecule has 0 atom stereocenters. The Labute approximate surface area is 284 Å². The van der Waals surface area contributed by atoms with Gasteiger partial charge in [-0.15, -0.1) is 0 Å². The fourth-order valence-electron chi connectivity index (χ4n) is 4.43. The molecule has 0 fully saturated rings. The molecule has 0 saturated heterocycles. The van der Waals surface area contributed by atoms with Crippen LogP contribution in [0.4, 0.5) is 21.0 Å². The van der Waals surface area contributed by atoms with Crippen LogP contribution in [0.15, 0.2) is 57.6 Å². The lowest BCUT2D eigenvalue weighted by atomic mass is 10.0. The van der Waals surface area contributed by atoms with Crippen LogP contribution in [-0.2, 0) is 41.6 Å². The molecule has 0 aliphatic carbocycles. The number of aryl methyl sites for hydroxylation is 3. The number of nitrogens with one attached hydrogen (secondary N) is 2. The van der Waals surface area contributed by atoms with E-state index in [2.05, 4.69) is 20.9 Å². The normalized spacial score (nSPS) is 10.6. The van der Waals surface area contributed by atoms with Crippen molar-refractivity contribution in [3.8, 4) is 22.3 Å². The van der Waals surface area contributed by atoms with Crippen LogP contribution >= 0.6 is 0 Å². The van der Waals surface area contributed by atoms with Gasteiger partial charge in [-0.25, -0.2) is 9.59 Å². The molecular formula is C35H42N4O10. The lowest BCUT2D eigenvalue weighted by Crippen LogP contribution is -2.27. The molecular weight excluding hydrogens is 636 g/mol. The third kappa shape index (κ3) is 12.4. The molecule has 2 amide bonds. The van der Waals surface area contributed by atoms with E-state index in [9.17, 15) is 14.4 Å². The largest absolute Gasteiger partial charge is 0.461 e. The molecule has 0 aliphatic heterocycles. The lowest BCUT2D eigenvalue weighted by molar-refractivity contribution is -0.191. The summed E-state index contributed by atoms with van der Waals surface area (Å²) in [5, 5.41) is 13.5. The van der Waals surface area contributed by atoms with Gasteiger partial charge in [-0.1, -0.05) is 53.6 Å². The minimum atomic E-state index is -0.602. The summed E-state index contributed by atoms with van der Waals surface area (Å²) < 4.78 is 25.8. The fraction of sp³-hybridized carbons (Fsp3) is 0.371. The number of nitrogens with zero attached hydrogens (tertiary/aromatic N) is 2. The molecule has 2 N–H and O–H groups in total. The van der Waals surface area contributed by atoms with Gasteiger partial charge in [-0.05, 0) is 73.9 Å². The Kier molecular flexibility index (Phi) is 14.5. The van der Waals surface area contributed by atoms with Crippen LogP contribution < -0.4 is 10.6 Å². The molecule has 262 valence electrons. The number of aromatic nitrogens is 2. The first kappa shape index (κ1) is 39.4. The van der Waals surface area contributed by atoms with Gasteiger partial charge in [0.25, 0.3) is 6.47 Å². The van der Waals surface area contributed by atoms with E-state index in [4.69, 9.17) is 32.8 Å². The smallest absolute Gasteiger partial charge is 0.412 e. The van der Waals surface area contributed by atoms with Crippen molar-refractivity contribution < 1.29 is 47.2 Å². The molecule has 0 bridgehead atoms. The van der Waals surface area contributed by atoms with E-state index in [0.29, 0.717) is 40.4 Å². The SMILES string of the molecule is CCc1noc(C)c1-c1ccccc1NC(=O)OC(C)(C)C.Cc1onc(COC=O)c1-c1ccccc1NC(=O)OC(C)(C)C.O=C=O. The molecule has 0 radical (unpaired) electrons. The number of para-hydroxylation sites is 2. The van der Waals surface area contributed by atoms with E-state index in [0.717, 1.165) is 29.0 Å². The molecule has 0 spiro atoms. The predicted molar refractivity (Wildman–Crippen MR) is 178 cm³/mol. The van der Waals surface area contributed by atoms with E-state index in [1.165, 1.54) is 0 Å². The molecule has 4 aromatic rings. The maximum Gasteiger partial charge on any atom is 0.412 e. The summed E-state index contributed by atoms with van der Waals surface area (Å²) in [5.41, 5.74) is 4.60. The second-order valence-corrected chi connectivity index (χ2v) is 12.3. The van der Waals surface area contributed by atoms with Gasteiger partial charge < -0.3 is 23.3 Å². The molecule has 14 heteroatoms. The molecule has 2 heterocycles. The minimum Gasteiger partial charge on any atom is -0.461 e. The zero-order valence-corrected chi connectivity index (χ0v) is 29.1. The Morgan fingerprint density at radius 3 is 1.53 bits per heavy atom. The maximum atomic E-state index is 12.0. The molecule has 0 unspecified atom stereocenters. The third-order valence-corrected chi connectivity index (χ3v) is 6.15. The standard InChI is InChI=1S/C17H20N2O5.C17H22N2O3.CO2/c1-11-15(14(19-24-11)9-22-10-20)12-7-5-6-8-13(12)18-16(21)23-17(2,3)4;1-6-13-15(11(2)22-19-13)12-9-7-8-10-14(12)18-16(20)21-17(3,4)5;2-1-3/h5-8,10H,9H2,1-4H3,(H,18,21);7-10H,6H2,1-5H3,(H,18,20);. The third-order valence-electron chi connectivity index (χ3n) is 6.15. The Morgan fingerprint density at radius 2 is 1.14 bits per heavy atom. The van der Waals surface area contributed by atoms with Crippen LogP contribution in [0, 0.1) is 13.8 Å². The number of anilines is 2.